The maximum Gasteiger partial charge on any atom is 0.240 e. The maximum absolute atomic E-state index is 5.69. The molecule has 2 rings (SSSR count). The Morgan fingerprint density at radius 3 is 2.59 bits per heavy atom. The summed E-state index contributed by atoms with van der Waals surface area (Å²) in [6, 6.07) is 6.01. The highest BCUT2D eigenvalue weighted by atomic mass is 16.5. The molecule has 0 saturated heterocycles. The van der Waals surface area contributed by atoms with Crippen LogP contribution in [0.5, 0.6) is 5.75 Å². The van der Waals surface area contributed by atoms with Gasteiger partial charge < -0.3 is 15.0 Å². The van der Waals surface area contributed by atoms with Crippen LogP contribution in [0.3, 0.4) is 0 Å². The molecule has 0 fully saturated rings. The predicted octanol–water partition coefficient (Wildman–Crippen LogP) is 1.72. The van der Waals surface area contributed by atoms with Gasteiger partial charge in [0.1, 0.15) is 5.75 Å². The van der Waals surface area contributed by atoms with E-state index in [1.807, 2.05) is 32.0 Å². The number of rotatable bonds is 4. The normalized spacial score (nSPS) is 10.5. The Kier molecular flexibility index (Phi) is 3.39. The molecule has 0 saturated carbocycles. The van der Waals surface area contributed by atoms with Gasteiger partial charge in [-0.2, -0.15) is 4.98 Å². The lowest BCUT2D eigenvalue weighted by atomic mass is 10.1. The Morgan fingerprint density at radius 2 is 2.00 bits per heavy atom. The Hall–Kier alpha value is -1.88. The molecule has 90 valence electrons. The number of hydrogen-bond donors (Lipinski definition) is 1. The number of nitrogens with two attached hydrogens (primary N) is 1. The van der Waals surface area contributed by atoms with Crippen LogP contribution in [0.15, 0.2) is 22.7 Å². The van der Waals surface area contributed by atoms with Crippen molar-refractivity contribution in [1.29, 1.82) is 0 Å². The Morgan fingerprint density at radius 1 is 1.29 bits per heavy atom. The van der Waals surface area contributed by atoms with Gasteiger partial charge in [0, 0.05) is 0 Å². The fourth-order valence-electron chi connectivity index (χ4n) is 1.60. The third-order valence-corrected chi connectivity index (χ3v) is 2.44. The van der Waals surface area contributed by atoms with Crippen molar-refractivity contribution in [3.05, 3.63) is 41.0 Å². The van der Waals surface area contributed by atoms with Gasteiger partial charge in [-0.3, -0.25) is 0 Å². The van der Waals surface area contributed by atoms with E-state index in [0.29, 0.717) is 11.7 Å². The number of aromatic nitrogens is 2. The van der Waals surface area contributed by atoms with Crippen molar-refractivity contribution in [1.82, 2.24) is 10.1 Å². The van der Waals surface area contributed by atoms with E-state index in [4.69, 9.17) is 15.0 Å². The average Bonchev–Trinajstić information content (AvgIpc) is 2.76. The lowest BCUT2D eigenvalue weighted by Gasteiger charge is -2.09. The van der Waals surface area contributed by atoms with Gasteiger partial charge in [-0.05, 0) is 25.0 Å². The van der Waals surface area contributed by atoms with Crippen LogP contribution in [0.4, 0.5) is 0 Å². The van der Waals surface area contributed by atoms with Crippen LogP contribution in [-0.4, -0.2) is 10.1 Å². The molecule has 0 amide bonds. The van der Waals surface area contributed by atoms with Crippen LogP contribution in [0, 0.1) is 13.8 Å². The second-order valence-corrected chi connectivity index (χ2v) is 3.82. The molecular weight excluding hydrogens is 218 g/mol. The van der Waals surface area contributed by atoms with E-state index in [1.165, 1.54) is 0 Å². The van der Waals surface area contributed by atoms with Gasteiger partial charge in [0.2, 0.25) is 11.7 Å². The van der Waals surface area contributed by atoms with Gasteiger partial charge in [0.25, 0.3) is 0 Å². The summed E-state index contributed by atoms with van der Waals surface area (Å²) >= 11 is 0. The lowest BCUT2D eigenvalue weighted by molar-refractivity contribution is 0.281. The average molecular weight is 233 g/mol. The SMILES string of the molecule is Cc1cccc(C)c1OCc1noc(CN)n1. The van der Waals surface area contributed by atoms with E-state index in [2.05, 4.69) is 10.1 Å². The maximum atomic E-state index is 5.69. The molecule has 0 aliphatic carbocycles. The first-order valence-electron chi connectivity index (χ1n) is 5.41. The molecule has 2 aromatic rings. The second kappa shape index (κ2) is 4.97. The number of hydrogen-bond acceptors (Lipinski definition) is 5. The van der Waals surface area contributed by atoms with Gasteiger partial charge >= 0.3 is 0 Å². The standard InChI is InChI=1S/C12H15N3O2/c1-8-4-3-5-9(2)12(8)16-7-10-14-11(6-13)17-15-10/h3-5H,6-7,13H2,1-2H3. The molecule has 17 heavy (non-hydrogen) atoms. The minimum atomic E-state index is 0.246. The largest absolute Gasteiger partial charge is 0.485 e. The molecule has 0 atom stereocenters. The predicted molar refractivity (Wildman–Crippen MR) is 62.4 cm³/mol. The number of ether oxygens (including phenoxy) is 1. The van der Waals surface area contributed by atoms with Crippen molar-refractivity contribution in [2.75, 3.05) is 0 Å². The summed E-state index contributed by atoms with van der Waals surface area (Å²) in [7, 11) is 0. The summed E-state index contributed by atoms with van der Waals surface area (Å²) in [5.74, 6) is 1.80. The molecule has 0 radical (unpaired) electrons. The van der Waals surface area contributed by atoms with Gasteiger partial charge in [-0.25, -0.2) is 0 Å². The van der Waals surface area contributed by atoms with Crippen molar-refractivity contribution in [2.24, 2.45) is 5.73 Å². The molecule has 0 bridgehead atoms. The van der Waals surface area contributed by atoms with Crippen LogP contribution >= 0.6 is 0 Å². The minimum Gasteiger partial charge on any atom is -0.485 e. The van der Waals surface area contributed by atoms with Crippen molar-refractivity contribution in [3.63, 3.8) is 0 Å². The van der Waals surface area contributed by atoms with Crippen LogP contribution in [0.1, 0.15) is 22.8 Å². The quantitative estimate of drug-likeness (QED) is 0.870. The number of aryl methyl sites for hydroxylation is 2. The van der Waals surface area contributed by atoms with E-state index in [-0.39, 0.29) is 13.2 Å². The highest BCUT2D eigenvalue weighted by molar-refractivity contribution is 5.39. The Balaban J connectivity index is 2.07. The summed E-state index contributed by atoms with van der Waals surface area (Å²) in [6.07, 6.45) is 0. The monoisotopic (exact) mass is 233 g/mol. The lowest BCUT2D eigenvalue weighted by Crippen LogP contribution is -2.01. The Labute approximate surface area is 99.6 Å². The molecule has 2 N–H and O–H groups in total. The van der Waals surface area contributed by atoms with E-state index in [1.54, 1.807) is 0 Å². The number of benzene rings is 1. The topological polar surface area (TPSA) is 74.2 Å². The zero-order valence-corrected chi connectivity index (χ0v) is 9.93. The van der Waals surface area contributed by atoms with Crippen LogP contribution in [0.2, 0.25) is 0 Å². The Bertz CT molecular complexity index is 488. The molecule has 0 spiro atoms. The van der Waals surface area contributed by atoms with Crippen molar-refractivity contribution < 1.29 is 9.26 Å². The molecule has 5 nitrogen and oxygen atoms in total. The van der Waals surface area contributed by atoms with E-state index < -0.39 is 0 Å². The molecule has 1 aromatic heterocycles. The van der Waals surface area contributed by atoms with E-state index >= 15 is 0 Å². The van der Waals surface area contributed by atoms with E-state index in [0.717, 1.165) is 16.9 Å². The van der Waals surface area contributed by atoms with Crippen LogP contribution in [-0.2, 0) is 13.2 Å². The second-order valence-electron chi connectivity index (χ2n) is 3.82. The summed E-state index contributed by atoms with van der Waals surface area (Å²) in [5.41, 5.74) is 7.56. The fraction of sp³-hybridized carbons (Fsp3) is 0.333. The van der Waals surface area contributed by atoms with Gasteiger partial charge in [0.15, 0.2) is 6.61 Å². The van der Waals surface area contributed by atoms with Gasteiger partial charge in [0.05, 0.1) is 6.54 Å². The third-order valence-electron chi connectivity index (χ3n) is 2.44. The number of para-hydroxylation sites is 1. The number of nitrogens with zero attached hydrogens (tertiary/aromatic N) is 2. The minimum absolute atomic E-state index is 0.246. The fourth-order valence-corrected chi connectivity index (χ4v) is 1.60. The van der Waals surface area contributed by atoms with Crippen molar-refractivity contribution in [2.45, 2.75) is 27.0 Å². The van der Waals surface area contributed by atoms with Crippen molar-refractivity contribution in [3.8, 4) is 5.75 Å². The summed E-state index contributed by atoms with van der Waals surface area (Å²) in [6.45, 7) is 4.54. The van der Waals surface area contributed by atoms with Gasteiger partial charge in [-0.1, -0.05) is 23.4 Å². The molecule has 0 aliphatic heterocycles. The van der Waals surface area contributed by atoms with Crippen molar-refractivity contribution >= 4 is 0 Å². The molecule has 1 heterocycles. The first-order chi connectivity index (χ1) is 8.20. The zero-order chi connectivity index (χ0) is 12.3. The molecule has 0 unspecified atom stereocenters. The molecule has 5 heteroatoms. The van der Waals surface area contributed by atoms with Crippen LogP contribution in [0.25, 0.3) is 0 Å². The van der Waals surface area contributed by atoms with E-state index in [9.17, 15) is 0 Å². The smallest absolute Gasteiger partial charge is 0.240 e. The molecular formula is C12H15N3O2. The summed E-state index contributed by atoms with van der Waals surface area (Å²) in [5, 5.41) is 3.77. The van der Waals surface area contributed by atoms with Gasteiger partial charge in [-0.15, -0.1) is 0 Å². The van der Waals surface area contributed by atoms with Crippen LogP contribution < -0.4 is 10.5 Å². The first-order valence-corrected chi connectivity index (χ1v) is 5.41. The molecule has 0 aliphatic rings. The highest BCUT2D eigenvalue weighted by Crippen LogP contribution is 2.22. The zero-order valence-electron chi connectivity index (χ0n) is 9.93. The highest BCUT2D eigenvalue weighted by Gasteiger charge is 2.07. The summed E-state index contributed by atoms with van der Waals surface area (Å²) in [4.78, 5) is 4.08. The third kappa shape index (κ3) is 2.62. The molecule has 1 aromatic carbocycles. The summed E-state index contributed by atoms with van der Waals surface area (Å²) < 4.78 is 10.6. The first kappa shape index (κ1) is 11.6.